The van der Waals surface area contributed by atoms with E-state index < -0.39 is 26.2 Å². The Morgan fingerprint density at radius 3 is 1.75 bits per heavy atom. The number of aromatic nitrogens is 2. The van der Waals surface area contributed by atoms with E-state index in [4.69, 9.17) is 0 Å². The summed E-state index contributed by atoms with van der Waals surface area (Å²) in [5.74, 6) is 0. The van der Waals surface area contributed by atoms with Crippen molar-refractivity contribution in [2.75, 3.05) is 0 Å². The smallest absolute Gasteiger partial charge is 0.302 e. The summed E-state index contributed by atoms with van der Waals surface area (Å²) in [6.45, 7) is 0.203. The molecule has 2 aromatic carbocycles. The van der Waals surface area contributed by atoms with Gasteiger partial charge in [0.15, 0.2) is 4.90 Å². The Morgan fingerprint density at radius 1 is 0.821 bits per heavy atom. The van der Waals surface area contributed by atoms with E-state index in [-0.39, 0.29) is 13.1 Å². The summed E-state index contributed by atoms with van der Waals surface area (Å²) in [4.78, 5) is 24.1. The molecule has 0 saturated carbocycles. The maximum absolute atomic E-state index is 13.4. The van der Waals surface area contributed by atoms with Gasteiger partial charge in [-0.15, -0.1) is 0 Å². The van der Waals surface area contributed by atoms with Crippen molar-refractivity contribution in [2.45, 2.75) is 18.0 Å². The molecule has 0 aliphatic heterocycles. The van der Waals surface area contributed by atoms with Crippen LogP contribution in [0, 0.1) is 0 Å². The lowest BCUT2D eigenvalue weighted by Crippen LogP contribution is -2.42. The summed E-state index contributed by atoms with van der Waals surface area (Å²) in [5, 5.41) is 0. The first kappa shape index (κ1) is 19.8. The van der Waals surface area contributed by atoms with Gasteiger partial charge >= 0.3 is 5.69 Å². The Balaban J connectivity index is 2.11. The number of benzene rings is 2. The normalized spacial score (nSPS) is 11.7. The van der Waals surface area contributed by atoms with Crippen molar-refractivity contribution in [3.63, 3.8) is 0 Å². The average molecular weight is 399 g/mol. The van der Waals surface area contributed by atoms with Crippen molar-refractivity contribution in [1.82, 2.24) is 13.4 Å². The Bertz CT molecular complexity index is 1140. The molecule has 0 aliphatic carbocycles. The number of rotatable bonds is 6. The van der Waals surface area contributed by atoms with Crippen LogP contribution < -0.4 is 11.2 Å². The SMILES string of the molecule is Cn1cc(S(=O)(=O)N(Cc2ccccc2)Cc2ccccc2)c(=O)n(C)c1=O. The van der Waals surface area contributed by atoms with Crippen molar-refractivity contribution in [3.8, 4) is 0 Å². The third kappa shape index (κ3) is 3.97. The molecule has 0 fully saturated rings. The molecule has 0 amide bonds. The van der Waals surface area contributed by atoms with E-state index in [1.165, 1.54) is 18.4 Å². The zero-order valence-corrected chi connectivity index (χ0v) is 16.5. The molecule has 0 atom stereocenters. The predicted molar refractivity (Wildman–Crippen MR) is 106 cm³/mol. The first-order chi connectivity index (χ1) is 13.3. The Morgan fingerprint density at radius 2 is 1.29 bits per heavy atom. The van der Waals surface area contributed by atoms with Crippen LogP contribution in [0.2, 0.25) is 0 Å². The third-order valence-electron chi connectivity index (χ3n) is 4.44. The molecule has 0 bridgehead atoms. The van der Waals surface area contributed by atoms with Crippen LogP contribution in [-0.2, 0) is 37.2 Å². The average Bonchev–Trinajstić information content (AvgIpc) is 2.70. The maximum Gasteiger partial charge on any atom is 0.330 e. The highest BCUT2D eigenvalue weighted by Crippen LogP contribution is 2.18. The standard InChI is InChI=1S/C20H21N3O4S/c1-21-15-18(19(24)22(2)20(21)25)28(26,27)23(13-16-9-5-3-6-10-16)14-17-11-7-4-8-12-17/h3-12,15H,13-14H2,1-2H3. The van der Waals surface area contributed by atoms with Gasteiger partial charge in [0.2, 0.25) is 0 Å². The van der Waals surface area contributed by atoms with E-state index in [9.17, 15) is 18.0 Å². The molecule has 0 radical (unpaired) electrons. The summed E-state index contributed by atoms with van der Waals surface area (Å²) in [5.41, 5.74) is 0.170. The van der Waals surface area contributed by atoms with E-state index in [1.807, 2.05) is 60.7 Å². The molecule has 1 heterocycles. The van der Waals surface area contributed by atoms with E-state index in [2.05, 4.69) is 0 Å². The Labute approximate surface area is 163 Å². The third-order valence-corrected chi connectivity index (χ3v) is 6.21. The van der Waals surface area contributed by atoms with Crippen LogP contribution in [0.15, 0.2) is 81.3 Å². The molecule has 28 heavy (non-hydrogen) atoms. The molecule has 7 nitrogen and oxygen atoms in total. The molecule has 3 aromatic rings. The van der Waals surface area contributed by atoms with Gasteiger partial charge in [0, 0.05) is 33.4 Å². The largest absolute Gasteiger partial charge is 0.330 e. The predicted octanol–water partition coefficient (Wildman–Crippen LogP) is 1.48. The summed E-state index contributed by atoms with van der Waals surface area (Å²) < 4.78 is 29.9. The minimum atomic E-state index is -4.15. The van der Waals surface area contributed by atoms with Crippen LogP contribution in [0.5, 0.6) is 0 Å². The molecular formula is C20H21N3O4S. The lowest BCUT2D eigenvalue weighted by molar-refractivity contribution is 0.399. The second-order valence-electron chi connectivity index (χ2n) is 6.50. The van der Waals surface area contributed by atoms with Crippen LogP contribution in [0.3, 0.4) is 0 Å². The number of hydrogen-bond acceptors (Lipinski definition) is 4. The van der Waals surface area contributed by atoms with Gasteiger partial charge in [-0.2, -0.15) is 4.31 Å². The zero-order valence-electron chi connectivity index (χ0n) is 15.6. The fourth-order valence-electron chi connectivity index (χ4n) is 2.89. The van der Waals surface area contributed by atoms with Gasteiger partial charge in [-0.3, -0.25) is 9.36 Å². The van der Waals surface area contributed by atoms with E-state index >= 15 is 0 Å². The highest BCUT2D eigenvalue weighted by molar-refractivity contribution is 7.89. The molecule has 1 aromatic heterocycles. The molecule has 0 aliphatic rings. The second kappa shape index (κ2) is 7.95. The molecule has 0 spiro atoms. The van der Waals surface area contributed by atoms with E-state index in [0.29, 0.717) is 0 Å². The van der Waals surface area contributed by atoms with Gasteiger partial charge < -0.3 is 4.57 Å². The van der Waals surface area contributed by atoms with Gasteiger partial charge in [0.1, 0.15) is 0 Å². The minimum absolute atomic E-state index is 0.101. The van der Waals surface area contributed by atoms with E-state index in [1.54, 1.807) is 0 Å². The zero-order chi connectivity index (χ0) is 20.3. The van der Waals surface area contributed by atoms with Crippen molar-refractivity contribution >= 4 is 10.0 Å². The molecule has 0 saturated heterocycles. The van der Waals surface area contributed by atoms with E-state index in [0.717, 1.165) is 26.5 Å². The van der Waals surface area contributed by atoms with Crippen LogP contribution in [0.25, 0.3) is 0 Å². The first-order valence-electron chi connectivity index (χ1n) is 8.65. The lowest BCUT2D eigenvalue weighted by Gasteiger charge is -2.22. The fourth-order valence-corrected chi connectivity index (χ4v) is 4.46. The monoisotopic (exact) mass is 399 g/mol. The Kier molecular flexibility index (Phi) is 5.62. The van der Waals surface area contributed by atoms with Crippen molar-refractivity contribution in [3.05, 3.63) is 98.8 Å². The highest BCUT2D eigenvalue weighted by Gasteiger charge is 2.29. The van der Waals surface area contributed by atoms with Crippen molar-refractivity contribution in [2.24, 2.45) is 14.1 Å². The number of sulfonamides is 1. The molecular weight excluding hydrogens is 378 g/mol. The molecule has 8 heteroatoms. The van der Waals surface area contributed by atoms with Crippen LogP contribution >= 0.6 is 0 Å². The van der Waals surface area contributed by atoms with Crippen LogP contribution in [0.4, 0.5) is 0 Å². The number of aryl methyl sites for hydroxylation is 1. The first-order valence-corrected chi connectivity index (χ1v) is 10.1. The van der Waals surface area contributed by atoms with Gasteiger partial charge in [-0.05, 0) is 11.1 Å². The molecule has 3 rings (SSSR count). The maximum atomic E-state index is 13.4. The van der Waals surface area contributed by atoms with Gasteiger partial charge in [0.05, 0.1) is 0 Å². The van der Waals surface area contributed by atoms with Crippen molar-refractivity contribution < 1.29 is 8.42 Å². The Hall–Kier alpha value is -2.97. The summed E-state index contributed by atoms with van der Waals surface area (Å²) >= 11 is 0. The minimum Gasteiger partial charge on any atom is -0.302 e. The second-order valence-corrected chi connectivity index (χ2v) is 8.40. The fraction of sp³-hybridized carbons (Fsp3) is 0.200. The van der Waals surface area contributed by atoms with Gasteiger partial charge in [-0.25, -0.2) is 13.2 Å². The van der Waals surface area contributed by atoms with Crippen molar-refractivity contribution in [1.29, 1.82) is 0 Å². The molecule has 146 valence electrons. The quantitative estimate of drug-likeness (QED) is 0.629. The van der Waals surface area contributed by atoms with Gasteiger partial charge in [-0.1, -0.05) is 60.7 Å². The lowest BCUT2D eigenvalue weighted by atomic mass is 10.2. The summed E-state index contributed by atoms with van der Waals surface area (Å²) in [6, 6.07) is 18.3. The number of nitrogens with zero attached hydrogens (tertiary/aromatic N) is 3. The summed E-state index contributed by atoms with van der Waals surface area (Å²) in [7, 11) is -1.47. The molecule has 0 N–H and O–H groups in total. The topological polar surface area (TPSA) is 81.4 Å². The highest BCUT2D eigenvalue weighted by atomic mass is 32.2. The summed E-state index contributed by atoms with van der Waals surface area (Å²) in [6.07, 6.45) is 1.09. The van der Waals surface area contributed by atoms with Crippen LogP contribution in [-0.4, -0.2) is 21.9 Å². The van der Waals surface area contributed by atoms with Gasteiger partial charge in [0.25, 0.3) is 15.6 Å². The number of hydrogen-bond donors (Lipinski definition) is 0. The van der Waals surface area contributed by atoms with Crippen LogP contribution in [0.1, 0.15) is 11.1 Å². The molecule has 0 unspecified atom stereocenters.